The van der Waals surface area contributed by atoms with Crippen LogP contribution < -0.4 is 0 Å². The first-order valence-corrected chi connectivity index (χ1v) is 5.88. The fourth-order valence-corrected chi connectivity index (χ4v) is 2.23. The van der Waals surface area contributed by atoms with Crippen molar-refractivity contribution in [2.24, 2.45) is 11.3 Å². The Hall–Kier alpha value is -0.540. The van der Waals surface area contributed by atoms with Crippen molar-refractivity contribution in [3.05, 3.63) is 11.3 Å². The number of methoxy groups -OCH3 is 1. The molecule has 1 atom stereocenters. The molecule has 0 saturated heterocycles. The van der Waals surface area contributed by atoms with Gasteiger partial charge in [-0.25, -0.2) is 0 Å². The molecular formula is C13H24O3. The third-order valence-electron chi connectivity index (χ3n) is 2.95. The van der Waals surface area contributed by atoms with Gasteiger partial charge in [-0.05, 0) is 5.92 Å². The molecule has 0 fully saturated rings. The maximum absolute atomic E-state index is 10.5. The second-order valence-corrected chi connectivity index (χ2v) is 5.73. The van der Waals surface area contributed by atoms with Crippen molar-refractivity contribution >= 4 is 0 Å². The molecule has 16 heavy (non-hydrogen) atoms. The van der Waals surface area contributed by atoms with Gasteiger partial charge in [0, 0.05) is 24.5 Å². The largest absolute Gasteiger partial charge is 0.497 e. The van der Waals surface area contributed by atoms with E-state index in [9.17, 15) is 5.11 Å². The third kappa shape index (κ3) is 2.41. The molecule has 1 unspecified atom stereocenters. The van der Waals surface area contributed by atoms with Gasteiger partial charge in [-0.3, -0.25) is 0 Å². The maximum atomic E-state index is 10.5. The zero-order chi connectivity index (χ0) is 12.6. The number of aliphatic hydroxyl groups is 1. The molecule has 0 aromatic rings. The summed E-state index contributed by atoms with van der Waals surface area (Å²) in [6.07, 6.45) is 0.497. The van der Waals surface area contributed by atoms with Crippen molar-refractivity contribution in [3.63, 3.8) is 0 Å². The average molecular weight is 228 g/mol. The Kier molecular flexibility index (Phi) is 3.70. The molecule has 0 bridgehead atoms. The van der Waals surface area contributed by atoms with Crippen LogP contribution in [0.15, 0.2) is 11.3 Å². The van der Waals surface area contributed by atoms with Gasteiger partial charge in [0.15, 0.2) is 5.79 Å². The van der Waals surface area contributed by atoms with Gasteiger partial charge in [-0.1, -0.05) is 34.6 Å². The predicted octanol–water partition coefficient (Wildman–Crippen LogP) is 2.70. The van der Waals surface area contributed by atoms with Crippen LogP contribution >= 0.6 is 0 Å². The first-order valence-electron chi connectivity index (χ1n) is 5.88. The molecule has 1 heterocycles. The summed E-state index contributed by atoms with van der Waals surface area (Å²) in [5, 5.41) is 10.5. The highest BCUT2D eigenvalue weighted by atomic mass is 16.6. The van der Waals surface area contributed by atoms with Crippen LogP contribution in [0.2, 0.25) is 0 Å². The summed E-state index contributed by atoms with van der Waals surface area (Å²) in [7, 11) is 1.55. The van der Waals surface area contributed by atoms with E-state index in [0.29, 0.717) is 13.0 Å². The van der Waals surface area contributed by atoms with E-state index in [0.717, 1.165) is 11.3 Å². The SMILES string of the molecule is COC1(O)CCOC(C(C)(C)C)=C1C(C)C. The smallest absolute Gasteiger partial charge is 0.195 e. The van der Waals surface area contributed by atoms with Gasteiger partial charge >= 0.3 is 0 Å². The van der Waals surface area contributed by atoms with Gasteiger partial charge in [0.2, 0.25) is 0 Å². The van der Waals surface area contributed by atoms with Gasteiger partial charge < -0.3 is 14.6 Å². The van der Waals surface area contributed by atoms with Gasteiger partial charge in [0.05, 0.1) is 6.61 Å². The number of hydrogen-bond donors (Lipinski definition) is 1. The molecule has 3 heteroatoms. The molecule has 1 aliphatic heterocycles. The van der Waals surface area contributed by atoms with Gasteiger partial charge in [0.1, 0.15) is 5.76 Å². The predicted molar refractivity (Wildman–Crippen MR) is 63.8 cm³/mol. The molecule has 3 nitrogen and oxygen atoms in total. The minimum absolute atomic E-state index is 0.105. The molecule has 0 aromatic heterocycles. The second-order valence-electron chi connectivity index (χ2n) is 5.73. The Morgan fingerprint density at radius 1 is 1.38 bits per heavy atom. The minimum Gasteiger partial charge on any atom is -0.497 e. The topological polar surface area (TPSA) is 38.7 Å². The molecule has 0 spiro atoms. The lowest BCUT2D eigenvalue weighted by Crippen LogP contribution is -2.43. The van der Waals surface area contributed by atoms with Crippen LogP contribution in [0.4, 0.5) is 0 Å². The molecule has 0 aromatic carbocycles. The molecule has 0 saturated carbocycles. The van der Waals surface area contributed by atoms with Crippen molar-refractivity contribution in [1.82, 2.24) is 0 Å². The summed E-state index contributed by atoms with van der Waals surface area (Å²) in [4.78, 5) is 0. The molecule has 0 amide bonds. The molecule has 0 aliphatic carbocycles. The van der Waals surface area contributed by atoms with Crippen molar-refractivity contribution in [2.45, 2.75) is 46.8 Å². The lowest BCUT2D eigenvalue weighted by atomic mass is 9.81. The fourth-order valence-electron chi connectivity index (χ4n) is 2.23. The fraction of sp³-hybridized carbons (Fsp3) is 0.846. The Morgan fingerprint density at radius 3 is 2.31 bits per heavy atom. The maximum Gasteiger partial charge on any atom is 0.195 e. The molecule has 94 valence electrons. The highest BCUT2D eigenvalue weighted by molar-refractivity contribution is 5.25. The number of hydrogen-bond acceptors (Lipinski definition) is 3. The van der Waals surface area contributed by atoms with Crippen LogP contribution in [0.5, 0.6) is 0 Å². The van der Waals surface area contributed by atoms with Crippen molar-refractivity contribution < 1.29 is 14.6 Å². The van der Waals surface area contributed by atoms with E-state index in [1.165, 1.54) is 0 Å². The van der Waals surface area contributed by atoms with Crippen LogP contribution in [-0.2, 0) is 9.47 Å². The van der Waals surface area contributed by atoms with Crippen LogP contribution in [0.25, 0.3) is 0 Å². The zero-order valence-corrected chi connectivity index (χ0v) is 11.3. The Bertz CT molecular complexity index is 286. The van der Waals surface area contributed by atoms with Gasteiger partial charge in [-0.2, -0.15) is 0 Å². The average Bonchev–Trinajstić information content (AvgIpc) is 2.15. The summed E-state index contributed by atoms with van der Waals surface area (Å²) in [6.45, 7) is 10.9. The minimum atomic E-state index is -1.16. The van der Waals surface area contributed by atoms with Crippen LogP contribution in [0, 0.1) is 11.3 Å². The standard InChI is InChI=1S/C13H24O3/c1-9(2)10-11(12(3,4)5)16-8-7-13(10,14)15-6/h9,14H,7-8H2,1-6H3. The van der Waals surface area contributed by atoms with Crippen molar-refractivity contribution in [2.75, 3.05) is 13.7 Å². The Labute approximate surface area is 98.4 Å². The lowest BCUT2D eigenvalue weighted by Gasteiger charge is -2.40. The molecule has 1 N–H and O–H groups in total. The second kappa shape index (κ2) is 4.38. The quantitative estimate of drug-likeness (QED) is 0.738. The highest BCUT2D eigenvalue weighted by Crippen LogP contribution is 2.42. The van der Waals surface area contributed by atoms with Crippen LogP contribution in [-0.4, -0.2) is 24.6 Å². The Balaban J connectivity index is 3.30. The first-order chi connectivity index (χ1) is 7.22. The summed E-state index contributed by atoms with van der Waals surface area (Å²) in [5.41, 5.74) is 0.778. The van der Waals surface area contributed by atoms with E-state index >= 15 is 0 Å². The molecule has 1 aliphatic rings. The summed E-state index contributed by atoms with van der Waals surface area (Å²) in [5.74, 6) is -0.0766. The van der Waals surface area contributed by atoms with E-state index in [1.54, 1.807) is 7.11 Å². The van der Waals surface area contributed by atoms with Gasteiger partial charge in [-0.15, -0.1) is 0 Å². The molecule has 0 radical (unpaired) electrons. The monoisotopic (exact) mass is 228 g/mol. The lowest BCUT2D eigenvalue weighted by molar-refractivity contribution is -0.184. The van der Waals surface area contributed by atoms with Crippen LogP contribution in [0.3, 0.4) is 0 Å². The van der Waals surface area contributed by atoms with E-state index in [-0.39, 0.29) is 11.3 Å². The third-order valence-corrected chi connectivity index (χ3v) is 2.95. The molecular weight excluding hydrogens is 204 g/mol. The highest BCUT2D eigenvalue weighted by Gasteiger charge is 2.42. The van der Waals surface area contributed by atoms with Crippen molar-refractivity contribution in [1.29, 1.82) is 0 Å². The summed E-state index contributed by atoms with van der Waals surface area (Å²) >= 11 is 0. The van der Waals surface area contributed by atoms with E-state index < -0.39 is 5.79 Å². The van der Waals surface area contributed by atoms with E-state index in [1.807, 2.05) is 0 Å². The molecule has 1 rings (SSSR count). The van der Waals surface area contributed by atoms with Gasteiger partial charge in [0.25, 0.3) is 0 Å². The Morgan fingerprint density at radius 2 is 1.94 bits per heavy atom. The normalized spacial score (nSPS) is 27.2. The van der Waals surface area contributed by atoms with E-state index in [2.05, 4.69) is 34.6 Å². The summed E-state index contributed by atoms with van der Waals surface area (Å²) in [6, 6.07) is 0. The number of rotatable bonds is 2. The van der Waals surface area contributed by atoms with Crippen molar-refractivity contribution in [3.8, 4) is 0 Å². The number of allylic oxidation sites excluding steroid dienone is 1. The van der Waals surface area contributed by atoms with E-state index in [4.69, 9.17) is 9.47 Å². The summed E-state index contributed by atoms with van der Waals surface area (Å²) < 4.78 is 11.0. The zero-order valence-electron chi connectivity index (χ0n) is 11.3. The first kappa shape index (κ1) is 13.5. The number of ether oxygens (including phenoxy) is 2. The van der Waals surface area contributed by atoms with Crippen LogP contribution in [0.1, 0.15) is 41.0 Å².